The summed E-state index contributed by atoms with van der Waals surface area (Å²) >= 11 is 0. The third-order valence-electron chi connectivity index (χ3n) is 18.3. The number of allylic oxidation sites excluding steroid dienone is 1. The lowest BCUT2D eigenvalue weighted by Crippen LogP contribution is -2.45. The van der Waals surface area contributed by atoms with Gasteiger partial charge in [-0.1, -0.05) is 405 Å². The molecule has 3 unspecified atom stereocenters. The van der Waals surface area contributed by atoms with E-state index in [4.69, 9.17) is 9.05 Å². The lowest BCUT2D eigenvalue weighted by atomic mass is 10.0. The molecule has 8 nitrogen and oxygen atoms in total. The molecule has 9 heteroatoms. The normalized spacial score (nSPS) is 13.5. The maximum absolute atomic E-state index is 13.1. The van der Waals surface area contributed by atoms with Gasteiger partial charge >= 0.3 is 7.82 Å². The molecule has 0 radical (unpaired) electrons. The molecule has 0 aromatic rings. The molecule has 0 bridgehead atoms. The number of hydrogen-bond acceptors (Lipinski definition) is 5. The number of phosphoric acid groups is 1. The molecule has 0 aromatic heterocycles. The van der Waals surface area contributed by atoms with Gasteiger partial charge in [-0.05, 0) is 19.3 Å². The molecule has 3 atom stereocenters. The van der Waals surface area contributed by atoms with Crippen LogP contribution in [0.4, 0.5) is 0 Å². The minimum absolute atomic E-state index is 0.0656. The summed E-state index contributed by atoms with van der Waals surface area (Å²) in [6, 6.07) is -0.844. The van der Waals surface area contributed by atoms with E-state index in [-0.39, 0.29) is 19.1 Å². The minimum atomic E-state index is -4.35. The standard InChI is InChI=1S/C76H153N2O6P/c1-6-8-10-12-14-16-18-20-22-24-26-28-30-32-33-34-35-36-37-38-39-40-41-42-43-44-46-48-50-52-54-56-58-60-62-64-66-68-70-76(80)77-74(73-84-85(81,82)83-72-71-78(3,4)5)75(79)69-67-65-63-61-59-57-55-53-51-49-47-45-31-29-27-25-23-21-19-17-15-13-11-9-7-2/h67,69,74-75,79H,6-66,68,70-73H2,1-5H3,(H-,77,80,81,82)/p+1/b69-67+. The van der Waals surface area contributed by atoms with Crippen molar-refractivity contribution < 1.29 is 32.9 Å². The van der Waals surface area contributed by atoms with Crippen molar-refractivity contribution in [2.45, 2.75) is 431 Å². The van der Waals surface area contributed by atoms with Crippen molar-refractivity contribution in [2.75, 3.05) is 40.9 Å². The Morgan fingerprint density at radius 1 is 0.388 bits per heavy atom. The summed E-state index contributed by atoms with van der Waals surface area (Å²) in [6.45, 7) is 4.90. The first kappa shape index (κ1) is 84.2. The third kappa shape index (κ3) is 70.6. The van der Waals surface area contributed by atoms with Gasteiger partial charge in [-0.15, -0.1) is 0 Å². The van der Waals surface area contributed by atoms with E-state index in [1.807, 2.05) is 27.2 Å². The second-order valence-electron chi connectivity index (χ2n) is 28.1. The highest BCUT2D eigenvalue weighted by Crippen LogP contribution is 2.43. The Morgan fingerprint density at radius 3 is 0.871 bits per heavy atom. The van der Waals surface area contributed by atoms with E-state index in [1.165, 1.54) is 366 Å². The summed E-state index contributed by atoms with van der Waals surface area (Å²) in [5, 5.41) is 14.0. The summed E-state index contributed by atoms with van der Waals surface area (Å²) in [5.74, 6) is -0.166. The maximum atomic E-state index is 13.1. The number of nitrogens with one attached hydrogen (secondary N) is 1. The monoisotopic (exact) mass is 1220 g/mol. The van der Waals surface area contributed by atoms with Gasteiger partial charge in [-0.3, -0.25) is 13.8 Å². The Hall–Kier alpha value is -0.760. The Labute approximate surface area is 532 Å². The number of amides is 1. The molecule has 3 N–H and O–H groups in total. The van der Waals surface area contributed by atoms with Crippen LogP contribution in [0.25, 0.3) is 0 Å². The van der Waals surface area contributed by atoms with Crippen molar-refractivity contribution in [3.8, 4) is 0 Å². The van der Waals surface area contributed by atoms with Crippen LogP contribution in [-0.2, 0) is 18.4 Å². The Bertz CT molecular complexity index is 1390. The van der Waals surface area contributed by atoms with Gasteiger partial charge in [-0.2, -0.15) is 0 Å². The van der Waals surface area contributed by atoms with E-state index < -0.39 is 20.0 Å². The number of aliphatic hydroxyl groups is 1. The molecule has 0 saturated heterocycles. The highest BCUT2D eigenvalue weighted by Gasteiger charge is 2.28. The van der Waals surface area contributed by atoms with Crippen LogP contribution in [-0.4, -0.2) is 73.4 Å². The maximum Gasteiger partial charge on any atom is 0.472 e. The average molecular weight is 1220 g/mol. The second kappa shape index (κ2) is 67.6. The third-order valence-corrected chi connectivity index (χ3v) is 19.2. The molecule has 85 heavy (non-hydrogen) atoms. The summed E-state index contributed by atoms with van der Waals surface area (Å²) in [6.07, 6.45) is 88.3. The van der Waals surface area contributed by atoms with Crippen molar-refractivity contribution in [1.29, 1.82) is 0 Å². The number of hydrogen-bond donors (Lipinski definition) is 3. The molecule has 0 aliphatic rings. The van der Waals surface area contributed by atoms with Crippen LogP contribution in [0, 0.1) is 0 Å². The number of nitrogens with zero attached hydrogens (tertiary/aromatic N) is 1. The zero-order valence-electron chi connectivity index (χ0n) is 58.4. The lowest BCUT2D eigenvalue weighted by molar-refractivity contribution is -0.870. The topological polar surface area (TPSA) is 105 Å². The van der Waals surface area contributed by atoms with Crippen LogP contribution < -0.4 is 5.32 Å². The number of aliphatic hydroxyl groups excluding tert-OH is 1. The first-order valence-electron chi connectivity index (χ1n) is 38.6. The average Bonchev–Trinajstić information content (AvgIpc) is 3.49. The molecule has 0 aliphatic carbocycles. The van der Waals surface area contributed by atoms with Gasteiger partial charge < -0.3 is 19.8 Å². The fourth-order valence-electron chi connectivity index (χ4n) is 12.3. The van der Waals surface area contributed by atoms with Crippen molar-refractivity contribution in [3.63, 3.8) is 0 Å². The Kier molecular flexibility index (Phi) is 67.0. The molecule has 0 spiro atoms. The predicted molar refractivity (Wildman–Crippen MR) is 374 cm³/mol. The number of quaternary nitrogens is 1. The predicted octanol–water partition coefficient (Wildman–Crippen LogP) is 24.8. The zero-order valence-corrected chi connectivity index (χ0v) is 59.3. The van der Waals surface area contributed by atoms with Crippen molar-refractivity contribution in [3.05, 3.63) is 12.2 Å². The smallest absolute Gasteiger partial charge is 0.387 e. The van der Waals surface area contributed by atoms with Crippen LogP contribution in [0.5, 0.6) is 0 Å². The number of carbonyl (C=O) groups is 1. The first-order valence-corrected chi connectivity index (χ1v) is 40.1. The Morgan fingerprint density at radius 2 is 0.624 bits per heavy atom. The van der Waals surface area contributed by atoms with Crippen molar-refractivity contribution in [2.24, 2.45) is 0 Å². The first-order chi connectivity index (χ1) is 41.5. The van der Waals surface area contributed by atoms with E-state index in [0.29, 0.717) is 17.4 Å². The van der Waals surface area contributed by atoms with Crippen molar-refractivity contribution >= 4 is 13.7 Å². The van der Waals surface area contributed by atoms with E-state index in [9.17, 15) is 19.4 Å². The summed E-state index contributed by atoms with van der Waals surface area (Å²) in [4.78, 5) is 23.5. The van der Waals surface area contributed by atoms with E-state index >= 15 is 0 Å². The molecule has 0 aromatic carbocycles. The van der Waals surface area contributed by atoms with Crippen LogP contribution in [0.2, 0.25) is 0 Å². The molecule has 0 rings (SSSR count). The quantitative estimate of drug-likeness (QED) is 0.0243. The van der Waals surface area contributed by atoms with E-state index in [0.717, 1.165) is 32.1 Å². The van der Waals surface area contributed by atoms with Gasteiger partial charge in [0.25, 0.3) is 0 Å². The molecular formula is C76H154N2O6P+. The largest absolute Gasteiger partial charge is 0.472 e. The van der Waals surface area contributed by atoms with Crippen LogP contribution >= 0.6 is 7.82 Å². The lowest BCUT2D eigenvalue weighted by Gasteiger charge is -2.25. The number of phosphoric ester groups is 1. The molecule has 0 saturated carbocycles. The van der Waals surface area contributed by atoms with Gasteiger partial charge in [0.1, 0.15) is 13.2 Å². The van der Waals surface area contributed by atoms with Gasteiger partial charge in [0, 0.05) is 6.42 Å². The fourth-order valence-corrected chi connectivity index (χ4v) is 13.0. The van der Waals surface area contributed by atoms with Crippen LogP contribution in [0.1, 0.15) is 418 Å². The molecule has 0 fully saturated rings. The van der Waals surface area contributed by atoms with Crippen molar-refractivity contribution in [1.82, 2.24) is 5.32 Å². The number of rotatable bonds is 73. The highest BCUT2D eigenvalue weighted by molar-refractivity contribution is 7.47. The van der Waals surface area contributed by atoms with Gasteiger partial charge in [-0.25, -0.2) is 4.57 Å². The summed E-state index contributed by atoms with van der Waals surface area (Å²) < 4.78 is 23.9. The zero-order chi connectivity index (χ0) is 61.9. The summed E-state index contributed by atoms with van der Waals surface area (Å²) in [7, 11) is 1.60. The van der Waals surface area contributed by atoms with Gasteiger partial charge in [0.05, 0.1) is 39.9 Å². The molecule has 1 amide bonds. The van der Waals surface area contributed by atoms with Gasteiger partial charge in [0.15, 0.2) is 0 Å². The fraction of sp³-hybridized carbons (Fsp3) is 0.961. The number of likely N-dealkylation sites (N-methyl/N-ethyl adjacent to an activating group) is 1. The SMILES string of the molecule is CCCCCCCCCCCCCCCCCCCCCCCCC/C=C/C(O)C(COP(=O)(O)OCC[N+](C)(C)C)NC(=O)CCCCCCCCCCCCCCCCCCCCCCCCCCCCCCCCCCCCCCCC. The van der Waals surface area contributed by atoms with Crippen LogP contribution in [0.3, 0.4) is 0 Å². The summed E-state index contributed by atoms with van der Waals surface area (Å²) in [5.41, 5.74) is 0. The van der Waals surface area contributed by atoms with E-state index in [1.54, 1.807) is 6.08 Å². The molecular weight excluding hydrogens is 1070 g/mol. The Balaban J connectivity index is 3.91. The van der Waals surface area contributed by atoms with Crippen LogP contribution in [0.15, 0.2) is 12.2 Å². The minimum Gasteiger partial charge on any atom is -0.387 e. The molecule has 0 heterocycles. The molecule has 508 valence electrons. The number of unbranched alkanes of at least 4 members (excludes halogenated alkanes) is 60. The second-order valence-corrected chi connectivity index (χ2v) is 29.6. The number of carbonyl (C=O) groups excluding carboxylic acids is 1. The molecule has 0 aliphatic heterocycles. The van der Waals surface area contributed by atoms with Gasteiger partial charge in [0.2, 0.25) is 5.91 Å². The highest BCUT2D eigenvalue weighted by atomic mass is 31.2. The van der Waals surface area contributed by atoms with E-state index in [2.05, 4.69) is 19.2 Å².